The smallest absolute Gasteiger partial charge is 0.261 e. The quantitative estimate of drug-likeness (QED) is 0.467. The van der Waals surface area contributed by atoms with E-state index in [2.05, 4.69) is 10.0 Å². The molecule has 3 aromatic carbocycles. The topological polar surface area (TPSA) is 84.5 Å². The number of ether oxygens (including phenoxy) is 1. The zero-order valence-electron chi connectivity index (χ0n) is 17.3. The molecule has 0 unspecified atom stereocenters. The van der Waals surface area contributed by atoms with E-state index in [-0.39, 0.29) is 11.6 Å². The molecule has 3 aromatic rings. The van der Waals surface area contributed by atoms with E-state index in [0.717, 1.165) is 23.4 Å². The molecule has 0 aliphatic carbocycles. The fraction of sp³-hybridized carbons (Fsp3) is 0.174. The standard InChI is InChI=1S/C23H22F2N2O4S/c1-16-4-2-5-19(14-16)31-13-3-12-26-23(28)17-6-8-18(9-7-17)27-32(29,30)20-10-11-21(24)22(25)15-20/h2,4-11,14-15,27H,3,12-13H2,1H3,(H,26,28). The lowest BCUT2D eigenvalue weighted by Crippen LogP contribution is -2.25. The van der Waals surface area contributed by atoms with Crippen molar-refractivity contribution in [3.63, 3.8) is 0 Å². The molecule has 0 saturated carbocycles. The van der Waals surface area contributed by atoms with Crippen LogP contribution in [0.15, 0.2) is 71.6 Å². The first-order chi connectivity index (χ1) is 15.2. The Morgan fingerprint density at radius 1 is 0.969 bits per heavy atom. The van der Waals surface area contributed by atoms with Gasteiger partial charge in [-0.2, -0.15) is 0 Å². The summed E-state index contributed by atoms with van der Waals surface area (Å²) in [5, 5.41) is 2.77. The van der Waals surface area contributed by atoms with Crippen molar-refractivity contribution in [1.82, 2.24) is 5.32 Å². The van der Waals surface area contributed by atoms with E-state index < -0.39 is 26.6 Å². The van der Waals surface area contributed by atoms with E-state index in [1.165, 1.54) is 24.3 Å². The number of anilines is 1. The van der Waals surface area contributed by atoms with Gasteiger partial charge in [-0.1, -0.05) is 12.1 Å². The molecule has 0 heterocycles. The second-order valence-electron chi connectivity index (χ2n) is 7.03. The molecule has 0 radical (unpaired) electrons. The van der Waals surface area contributed by atoms with Gasteiger partial charge < -0.3 is 10.1 Å². The normalized spacial score (nSPS) is 11.1. The lowest BCUT2D eigenvalue weighted by Gasteiger charge is -2.10. The van der Waals surface area contributed by atoms with Crippen molar-refractivity contribution in [3.8, 4) is 5.75 Å². The molecule has 3 rings (SSSR count). The van der Waals surface area contributed by atoms with Crippen molar-refractivity contribution in [3.05, 3.63) is 89.5 Å². The van der Waals surface area contributed by atoms with Crippen LogP contribution in [0.5, 0.6) is 5.75 Å². The maximum absolute atomic E-state index is 13.3. The summed E-state index contributed by atoms with van der Waals surface area (Å²) in [5.74, 6) is -1.93. The van der Waals surface area contributed by atoms with Crippen LogP contribution in [0.1, 0.15) is 22.3 Å². The lowest BCUT2D eigenvalue weighted by molar-refractivity contribution is 0.0951. The summed E-state index contributed by atoms with van der Waals surface area (Å²) < 4.78 is 58.9. The minimum Gasteiger partial charge on any atom is -0.494 e. The molecular weight excluding hydrogens is 438 g/mol. The predicted molar refractivity (Wildman–Crippen MR) is 117 cm³/mol. The molecule has 168 valence electrons. The summed E-state index contributed by atoms with van der Waals surface area (Å²) in [7, 11) is -4.10. The number of hydrogen-bond donors (Lipinski definition) is 2. The highest BCUT2D eigenvalue weighted by Gasteiger charge is 2.17. The van der Waals surface area contributed by atoms with Crippen LogP contribution in [0.4, 0.5) is 14.5 Å². The molecule has 0 aliphatic heterocycles. The molecule has 32 heavy (non-hydrogen) atoms. The number of sulfonamides is 1. The summed E-state index contributed by atoms with van der Waals surface area (Å²) in [6.07, 6.45) is 0.617. The first kappa shape index (κ1) is 23.2. The molecule has 2 N–H and O–H groups in total. The molecule has 9 heteroatoms. The fourth-order valence-corrected chi connectivity index (χ4v) is 3.89. The van der Waals surface area contributed by atoms with Gasteiger partial charge in [-0.05, 0) is 73.5 Å². The van der Waals surface area contributed by atoms with Gasteiger partial charge in [0.25, 0.3) is 15.9 Å². The zero-order valence-corrected chi connectivity index (χ0v) is 18.1. The van der Waals surface area contributed by atoms with E-state index >= 15 is 0 Å². The lowest BCUT2D eigenvalue weighted by atomic mass is 10.2. The summed E-state index contributed by atoms with van der Waals surface area (Å²) in [6, 6.07) is 15.7. The average Bonchev–Trinajstić information content (AvgIpc) is 2.75. The number of aryl methyl sites for hydroxylation is 1. The molecule has 0 bridgehead atoms. The molecule has 0 aliphatic rings. The van der Waals surface area contributed by atoms with Gasteiger partial charge in [0.05, 0.1) is 11.5 Å². The Morgan fingerprint density at radius 2 is 1.72 bits per heavy atom. The maximum atomic E-state index is 13.3. The summed E-state index contributed by atoms with van der Waals surface area (Å²) in [5.41, 5.74) is 1.63. The summed E-state index contributed by atoms with van der Waals surface area (Å²) in [6.45, 7) is 2.84. The predicted octanol–water partition coefficient (Wildman–Crippen LogP) is 4.27. The number of halogens is 2. The third kappa shape index (κ3) is 6.27. The van der Waals surface area contributed by atoms with Crippen LogP contribution in [0.25, 0.3) is 0 Å². The van der Waals surface area contributed by atoms with Gasteiger partial charge in [0.15, 0.2) is 11.6 Å². The highest BCUT2D eigenvalue weighted by atomic mass is 32.2. The minimum atomic E-state index is -4.10. The minimum absolute atomic E-state index is 0.179. The number of hydrogen-bond acceptors (Lipinski definition) is 4. The Balaban J connectivity index is 1.49. The van der Waals surface area contributed by atoms with E-state index in [1.807, 2.05) is 31.2 Å². The zero-order chi connectivity index (χ0) is 23.1. The number of amides is 1. The van der Waals surface area contributed by atoms with Crippen molar-refractivity contribution in [2.24, 2.45) is 0 Å². The van der Waals surface area contributed by atoms with Gasteiger partial charge in [-0.3, -0.25) is 9.52 Å². The molecule has 6 nitrogen and oxygen atoms in total. The van der Waals surface area contributed by atoms with Crippen LogP contribution in [0, 0.1) is 18.6 Å². The molecule has 0 aromatic heterocycles. The van der Waals surface area contributed by atoms with Crippen molar-refractivity contribution >= 4 is 21.6 Å². The van der Waals surface area contributed by atoms with Crippen LogP contribution in [0.3, 0.4) is 0 Å². The number of benzene rings is 3. The number of rotatable bonds is 9. The van der Waals surface area contributed by atoms with Gasteiger partial charge in [0.1, 0.15) is 5.75 Å². The van der Waals surface area contributed by atoms with E-state index in [0.29, 0.717) is 31.2 Å². The Kier molecular flexibility index (Phi) is 7.42. The Morgan fingerprint density at radius 3 is 2.41 bits per heavy atom. The second-order valence-corrected chi connectivity index (χ2v) is 8.72. The number of nitrogens with one attached hydrogen (secondary N) is 2. The van der Waals surface area contributed by atoms with E-state index in [1.54, 1.807) is 0 Å². The average molecular weight is 461 g/mol. The highest BCUT2D eigenvalue weighted by molar-refractivity contribution is 7.92. The van der Waals surface area contributed by atoms with Crippen molar-refractivity contribution < 1.29 is 26.7 Å². The summed E-state index contributed by atoms with van der Waals surface area (Å²) in [4.78, 5) is 11.8. The first-order valence-corrected chi connectivity index (χ1v) is 11.3. The Labute approximate surface area is 185 Å². The maximum Gasteiger partial charge on any atom is 0.261 e. The number of carbonyl (C=O) groups excluding carboxylic acids is 1. The van der Waals surface area contributed by atoms with Crippen molar-refractivity contribution in [2.45, 2.75) is 18.2 Å². The Hall–Kier alpha value is -3.46. The van der Waals surface area contributed by atoms with Crippen molar-refractivity contribution in [2.75, 3.05) is 17.9 Å². The third-order valence-corrected chi connectivity index (χ3v) is 5.84. The fourth-order valence-electron chi connectivity index (χ4n) is 2.82. The highest BCUT2D eigenvalue weighted by Crippen LogP contribution is 2.19. The van der Waals surface area contributed by atoms with Crippen LogP contribution >= 0.6 is 0 Å². The Bertz CT molecular complexity index is 1200. The molecule has 0 spiro atoms. The monoisotopic (exact) mass is 460 g/mol. The van der Waals surface area contributed by atoms with Gasteiger partial charge >= 0.3 is 0 Å². The van der Waals surface area contributed by atoms with Crippen LogP contribution in [-0.4, -0.2) is 27.5 Å². The van der Waals surface area contributed by atoms with Crippen LogP contribution in [0.2, 0.25) is 0 Å². The molecule has 0 fully saturated rings. The molecular formula is C23H22F2N2O4S. The van der Waals surface area contributed by atoms with Crippen molar-refractivity contribution in [1.29, 1.82) is 0 Å². The number of carbonyl (C=O) groups is 1. The SMILES string of the molecule is Cc1cccc(OCCCNC(=O)c2ccc(NS(=O)(=O)c3ccc(F)c(F)c3)cc2)c1. The van der Waals surface area contributed by atoms with Crippen LogP contribution in [-0.2, 0) is 10.0 Å². The van der Waals surface area contributed by atoms with E-state index in [4.69, 9.17) is 4.74 Å². The van der Waals surface area contributed by atoms with Gasteiger partial charge in [-0.25, -0.2) is 17.2 Å². The first-order valence-electron chi connectivity index (χ1n) is 9.80. The van der Waals surface area contributed by atoms with Gasteiger partial charge in [0.2, 0.25) is 0 Å². The summed E-state index contributed by atoms with van der Waals surface area (Å²) >= 11 is 0. The largest absolute Gasteiger partial charge is 0.494 e. The van der Waals surface area contributed by atoms with E-state index in [9.17, 15) is 22.0 Å². The molecule has 1 amide bonds. The third-order valence-electron chi connectivity index (χ3n) is 4.47. The van der Waals surface area contributed by atoms with Gasteiger partial charge in [-0.15, -0.1) is 0 Å². The molecule has 0 saturated heterocycles. The molecule has 0 atom stereocenters. The van der Waals surface area contributed by atoms with Crippen LogP contribution < -0.4 is 14.8 Å². The van der Waals surface area contributed by atoms with Gasteiger partial charge in [0, 0.05) is 17.8 Å². The second kappa shape index (κ2) is 10.2.